The number of rotatable bonds is 4. The molecule has 2 aliphatic rings. The predicted octanol–water partition coefficient (Wildman–Crippen LogP) is 1.71. The van der Waals surface area contributed by atoms with E-state index in [9.17, 15) is 9.59 Å². The summed E-state index contributed by atoms with van der Waals surface area (Å²) in [6.07, 6.45) is 7.04. The molecule has 0 spiro atoms. The van der Waals surface area contributed by atoms with Crippen molar-refractivity contribution in [3.8, 4) is 0 Å². The number of carbonyl (C=O) groups is 2. The van der Waals surface area contributed by atoms with Crippen LogP contribution in [0.15, 0.2) is 0 Å². The summed E-state index contributed by atoms with van der Waals surface area (Å²) in [6, 6.07) is 0.340. The lowest BCUT2D eigenvalue weighted by Gasteiger charge is -2.41. The largest absolute Gasteiger partial charge is 0.468 e. The molecule has 0 aromatic heterocycles. The van der Waals surface area contributed by atoms with Crippen LogP contribution in [0.2, 0.25) is 0 Å². The third kappa shape index (κ3) is 3.96. The van der Waals surface area contributed by atoms with E-state index in [-0.39, 0.29) is 30.5 Å². The van der Waals surface area contributed by atoms with Crippen LogP contribution in [0, 0.1) is 5.92 Å². The molecule has 2 fully saturated rings. The minimum atomic E-state index is -0.358. The fraction of sp³-hybridized carbons (Fsp3) is 0.875. The Morgan fingerprint density at radius 1 is 1.19 bits per heavy atom. The first-order valence-electron chi connectivity index (χ1n) is 8.16. The Morgan fingerprint density at radius 2 is 1.90 bits per heavy atom. The first kappa shape index (κ1) is 16.3. The van der Waals surface area contributed by atoms with Gasteiger partial charge in [0.05, 0.1) is 13.2 Å². The maximum absolute atomic E-state index is 12.7. The second kappa shape index (κ2) is 7.25. The van der Waals surface area contributed by atoms with Gasteiger partial charge in [-0.3, -0.25) is 9.59 Å². The first-order chi connectivity index (χ1) is 10.0. The lowest BCUT2D eigenvalue weighted by atomic mass is 9.77. The number of piperidine rings is 1. The van der Waals surface area contributed by atoms with E-state index in [4.69, 9.17) is 4.74 Å². The zero-order valence-corrected chi connectivity index (χ0v) is 13.4. The SMILES string of the molecule is COC(=O)CN(C(=O)C1CCC2CCCCC2N1)C(C)C. The smallest absolute Gasteiger partial charge is 0.325 e. The lowest BCUT2D eigenvalue weighted by Crippen LogP contribution is -2.57. The molecule has 0 radical (unpaired) electrons. The van der Waals surface area contributed by atoms with E-state index in [1.807, 2.05) is 13.8 Å². The Kier molecular flexibility index (Phi) is 5.62. The van der Waals surface area contributed by atoms with Crippen molar-refractivity contribution in [2.75, 3.05) is 13.7 Å². The summed E-state index contributed by atoms with van der Waals surface area (Å²) in [4.78, 5) is 25.9. The molecule has 0 aromatic rings. The van der Waals surface area contributed by atoms with Gasteiger partial charge in [-0.2, -0.15) is 0 Å². The van der Waals surface area contributed by atoms with Crippen LogP contribution in [-0.2, 0) is 14.3 Å². The van der Waals surface area contributed by atoms with Crippen LogP contribution in [0.4, 0.5) is 0 Å². The standard InChI is InChI=1S/C16H28N2O3/c1-11(2)18(10-15(19)21-3)16(20)14-9-8-12-6-4-5-7-13(12)17-14/h11-14,17H,4-10H2,1-3H3. The molecular weight excluding hydrogens is 268 g/mol. The Morgan fingerprint density at radius 3 is 2.57 bits per heavy atom. The number of fused-ring (bicyclic) bond motifs is 1. The van der Waals surface area contributed by atoms with E-state index < -0.39 is 0 Å². The van der Waals surface area contributed by atoms with Crippen LogP contribution in [0.1, 0.15) is 52.4 Å². The van der Waals surface area contributed by atoms with Crippen molar-refractivity contribution in [3.63, 3.8) is 0 Å². The van der Waals surface area contributed by atoms with Gasteiger partial charge in [-0.25, -0.2) is 0 Å². The zero-order chi connectivity index (χ0) is 15.4. The number of hydrogen-bond donors (Lipinski definition) is 1. The summed E-state index contributed by atoms with van der Waals surface area (Å²) < 4.78 is 4.70. The van der Waals surface area contributed by atoms with Crippen LogP contribution in [-0.4, -0.2) is 48.6 Å². The van der Waals surface area contributed by atoms with Gasteiger partial charge in [0.2, 0.25) is 5.91 Å². The van der Waals surface area contributed by atoms with Crippen LogP contribution >= 0.6 is 0 Å². The molecule has 5 heteroatoms. The summed E-state index contributed by atoms with van der Waals surface area (Å²) in [5.41, 5.74) is 0. The molecule has 1 aliphatic heterocycles. The van der Waals surface area contributed by atoms with Gasteiger partial charge in [0.25, 0.3) is 0 Å². The summed E-state index contributed by atoms with van der Waals surface area (Å²) in [5.74, 6) is 0.415. The fourth-order valence-electron chi connectivity index (χ4n) is 3.61. The fourth-order valence-corrected chi connectivity index (χ4v) is 3.61. The lowest BCUT2D eigenvalue weighted by molar-refractivity contribution is -0.149. The average Bonchev–Trinajstić information content (AvgIpc) is 2.50. The second-order valence-corrected chi connectivity index (χ2v) is 6.58. The summed E-state index contributed by atoms with van der Waals surface area (Å²) in [6.45, 7) is 3.92. The Bertz CT molecular complexity index is 384. The molecule has 1 saturated heterocycles. The molecule has 1 heterocycles. The molecule has 120 valence electrons. The van der Waals surface area contributed by atoms with Crippen molar-refractivity contribution < 1.29 is 14.3 Å². The minimum absolute atomic E-state index is 0.00230. The number of esters is 1. The quantitative estimate of drug-likeness (QED) is 0.802. The van der Waals surface area contributed by atoms with E-state index >= 15 is 0 Å². The Balaban J connectivity index is 1.98. The Hall–Kier alpha value is -1.10. The van der Waals surface area contributed by atoms with Gasteiger partial charge >= 0.3 is 5.97 Å². The van der Waals surface area contributed by atoms with E-state index in [2.05, 4.69) is 5.32 Å². The molecule has 21 heavy (non-hydrogen) atoms. The summed E-state index contributed by atoms with van der Waals surface area (Å²) in [7, 11) is 1.36. The van der Waals surface area contributed by atoms with E-state index in [1.54, 1.807) is 4.90 Å². The zero-order valence-electron chi connectivity index (χ0n) is 13.4. The molecule has 1 saturated carbocycles. The van der Waals surface area contributed by atoms with Crippen LogP contribution in [0.3, 0.4) is 0 Å². The predicted molar refractivity (Wildman–Crippen MR) is 80.8 cm³/mol. The molecule has 3 unspecified atom stereocenters. The van der Waals surface area contributed by atoms with Crippen LogP contribution < -0.4 is 5.32 Å². The number of methoxy groups -OCH3 is 1. The highest BCUT2D eigenvalue weighted by Gasteiger charge is 2.36. The van der Waals surface area contributed by atoms with Crippen LogP contribution in [0.5, 0.6) is 0 Å². The number of nitrogens with zero attached hydrogens (tertiary/aromatic N) is 1. The molecular formula is C16H28N2O3. The minimum Gasteiger partial charge on any atom is -0.468 e. The van der Waals surface area contributed by atoms with E-state index in [1.165, 1.54) is 32.8 Å². The molecule has 2 rings (SSSR count). The highest BCUT2D eigenvalue weighted by Crippen LogP contribution is 2.32. The molecule has 1 amide bonds. The van der Waals surface area contributed by atoms with Crippen molar-refractivity contribution in [3.05, 3.63) is 0 Å². The maximum Gasteiger partial charge on any atom is 0.325 e. The van der Waals surface area contributed by atoms with Gasteiger partial charge in [0.1, 0.15) is 6.54 Å². The molecule has 3 atom stereocenters. The van der Waals surface area contributed by atoms with Gasteiger partial charge in [0.15, 0.2) is 0 Å². The number of hydrogen-bond acceptors (Lipinski definition) is 4. The van der Waals surface area contributed by atoms with Crippen molar-refractivity contribution in [2.24, 2.45) is 5.92 Å². The van der Waals surface area contributed by atoms with E-state index in [0.29, 0.717) is 6.04 Å². The van der Waals surface area contributed by atoms with Gasteiger partial charge in [0, 0.05) is 12.1 Å². The van der Waals surface area contributed by atoms with Crippen molar-refractivity contribution in [1.82, 2.24) is 10.2 Å². The third-order valence-electron chi connectivity index (χ3n) is 4.88. The highest BCUT2D eigenvalue weighted by molar-refractivity contribution is 5.86. The summed E-state index contributed by atoms with van der Waals surface area (Å²) >= 11 is 0. The number of amides is 1. The van der Waals surface area contributed by atoms with E-state index in [0.717, 1.165) is 18.8 Å². The first-order valence-corrected chi connectivity index (χ1v) is 8.16. The van der Waals surface area contributed by atoms with Crippen molar-refractivity contribution in [2.45, 2.75) is 70.5 Å². The third-order valence-corrected chi connectivity index (χ3v) is 4.88. The number of carbonyl (C=O) groups excluding carboxylic acids is 2. The maximum atomic E-state index is 12.7. The van der Waals surface area contributed by atoms with Gasteiger partial charge in [-0.05, 0) is 45.4 Å². The molecule has 1 N–H and O–H groups in total. The topological polar surface area (TPSA) is 58.6 Å². The number of ether oxygens (including phenoxy) is 1. The number of nitrogens with one attached hydrogen (secondary N) is 1. The normalized spacial score (nSPS) is 28.9. The summed E-state index contributed by atoms with van der Waals surface area (Å²) in [5, 5.41) is 3.54. The molecule has 5 nitrogen and oxygen atoms in total. The van der Waals surface area contributed by atoms with Gasteiger partial charge in [-0.15, -0.1) is 0 Å². The average molecular weight is 296 g/mol. The second-order valence-electron chi connectivity index (χ2n) is 6.58. The molecule has 1 aliphatic carbocycles. The van der Waals surface area contributed by atoms with Crippen molar-refractivity contribution >= 4 is 11.9 Å². The van der Waals surface area contributed by atoms with Crippen molar-refractivity contribution in [1.29, 1.82) is 0 Å². The van der Waals surface area contributed by atoms with Gasteiger partial charge in [-0.1, -0.05) is 12.8 Å². The van der Waals surface area contributed by atoms with Crippen LogP contribution in [0.25, 0.3) is 0 Å². The highest BCUT2D eigenvalue weighted by atomic mass is 16.5. The molecule has 0 aromatic carbocycles. The molecule has 0 bridgehead atoms. The monoisotopic (exact) mass is 296 g/mol. The Labute approximate surface area is 127 Å². The van der Waals surface area contributed by atoms with Gasteiger partial charge < -0.3 is 15.0 Å².